The number of ether oxygens (including phenoxy) is 1. The van der Waals surface area contributed by atoms with E-state index < -0.39 is 10.0 Å². The molecule has 1 aromatic heterocycles. The third kappa shape index (κ3) is 3.84. The van der Waals surface area contributed by atoms with Crippen molar-refractivity contribution in [2.24, 2.45) is 0 Å². The Hall–Kier alpha value is -0.470. The molecule has 2 heterocycles. The molecule has 1 unspecified atom stereocenters. The largest absolute Gasteiger partial charge is 0.375 e. The molecule has 0 radical (unpaired) electrons. The highest BCUT2D eigenvalue weighted by Crippen LogP contribution is 2.29. The van der Waals surface area contributed by atoms with E-state index in [9.17, 15) is 8.42 Å². The molecule has 1 saturated heterocycles. The molecule has 1 aromatic rings. The second-order valence-electron chi connectivity index (χ2n) is 5.22. The summed E-state index contributed by atoms with van der Waals surface area (Å²) in [6.45, 7) is 9.01. The van der Waals surface area contributed by atoms with Crippen LogP contribution in [0.3, 0.4) is 0 Å². The zero-order chi connectivity index (χ0) is 15.5. The van der Waals surface area contributed by atoms with Gasteiger partial charge < -0.3 is 10.1 Å². The number of morpholine rings is 1. The third-order valence-corrected chi connectivity index (χ3v) is 7.24. The van der Waals surface area contributed by atoms with Crippen LogP contribution in [-0.4, -0.2) is 45.1 Å². The van der Waals surface area contributed by atoms with Crippen LogP contribution in [0.25, 0.3) is 0 Å². The summed E-state index contributed by atoms with van der Waals surface area (Å²) in [5.74, 6) is 0. The predicted octanol–water partition coefficient (Wildman–Crippen LogP) is 1.97. The van der Waals surface area contributed by atoms with Gasteiger partial charge in [-0.15, -0.1) is 11.3 Å². The average molecular weight is 332 g/mol. The Kier molecular flexibility index (Phi) is 5.79. The van der Waals surface area contributed by atoms with Gasteiger partial charge in [0.2, 0.25) is 0 Å². The highest BCUT2D eigenvalue weighted by molar-refractivity contribution is 7.91. The lowest BCUT2D eigenvalue weighted by Gasteiger charge is -2.31. The van der Waals surface area contributed by atoms with Crippen molar-refractivity contribution in [2.45, 2.75) is 44.0 Å². The molecule has 1 aliphatic rings. The summed E-state index contributed by atoms with van der Waals surface area (Å²) >= 11 is 1.38. The summed E-state index contributed by atoms with van der Waals surface area (Å²) in [6.07, 6.45) is 0.844. The van der Waals surface area contributed by atoms with Gasteiger partial charge in [-0.2, -0.15) is 4.31 Å². The molecule has 0 aromatic carbocycles. The van der Waals surface area contributed by atoms with Crippen LogP contribution in [0.1, 0.15) is 30.7 Å². The minimum atomic E-state index is -3.39. The van der Waals surface area contributed by atoms with Gasteiger partial charge >= 0.3 is 0 Å². The van der Waals surface area contributed by atoms with Crippen LogP contribution in [0.4, 0.5) is 0 Å². The molecule has 0 saturated carbocycles. The fourth-order valence-corrected chi connectivity index (χ4v) is 5.48. The summed E-state index contributed by atoms with van der Waals surface area (Å²) < 4.78 is 33.1. The maximum atomic E-state index is 12.7. The molecule has 1 atom stereocenters. The van der Waals surface area contributed by atoms with Crippen molar-refractivity contribution in [3.05, 3.63) is 16.5 Å². The van der Waals surface area contributed by atoms with E-state index >= 15 is 0 Å². The Morgan fingerprint density at radius 1 is 1.48 bits per heavy atom. The summed E-state index contributed by atoms with van der Waals surface area (Å²) in [7, 11) is -3.39. The van der Waals surface area contributed by atoms with Crippen LogP contribution < -0.4 is 5.32 Å². The van der Waals surface area contributed by atoms with E-state index in [0.717, 1.165) is 30.0 Å². The Bertz CT molecular complexity index is 569. The Labute approximate surface area is 131 Å². The summed E-state index contributed by atoms with van der Waals surface area (Å²) in [5, 5.41) is 3.25. The van der Waals surface area contributed by atoms with Gasteiger partial charge in [0, 0.05) is 24.5 Å². The van der Waals surface area contributed by atoms with Gasteiger partial charge in [-0.3, -0.25) is 0 Å². The molecular weight excluding hydrogens is 308 g/mol. The molecule has 5 nitrogen and oxygen atoms in total. The van der Waals surface area contributed by atoms with Crippen LogP contribution in [0.15, 0.2) is 10.3 Å². The number of nitrogens with one attached hydrogen (secondary N) is 1. The number of hydrogen-bond acceptors (Lipinski definition) is 5. The Morgan fingerprint density at radius 3 is 2.90 bits per heavy atom. The first-order valence-electron chi connectivity index (χ1n) is 7.40. The van der Waals surface area contributed by atoms with Crippen LogP contribution in [-0.2, 0) is 21.3 Å². The quantitative estimate of drug-likeness (QED) is 0.865. The second kappa shape index (κ2) is 7.19. The van der Waals surface area contributed by atoms with Crippen LogP contribution in [0.5, 0.6) is 0 Å². The molecule has 1 fully saturated rings. The lowest BCUT2D eigenvalue weighted by molar-refractivity contribution is -0.00272. The number of thiophene rings is 1. The van der Waals surface area contributed by atoms with E-state index in [1.807, 2.05) is 20.8 Å². The molecule has 0 bridgehead atoms. The summed E-state index contributed by atoms with van der Waals surface area (Å²) in [4.78, 5) is 1.09. The third-order valence-electron chi connectivity index (χ3n) is 3.68. The van der Waals surface area contributed by atoms with Crippen molar-refractivity contribution in [1.29, 1.82) is 0 Å². The highest BCUT2D eigenvalue weighted by Gasteiger charge is 2.31. The van der Waals surface area contributed by atoms with Gasteiger partial charge in [-0.05, 0) is 31.5 Å². The number of hydrogen-bond donors (Lipinski definition) is 1. The van der Waals surface area contributed by atoms with Crippen molar-refractivity contribution in [2.75, 3.05) is 26.2 Å². The average Bonchev–Trinajstić information content (AvgIpc) is 2.87. The van der Waals surface area contributed by atoms with Crippen molar-refractivity contribution in [3.8, 4) is 0 Å². The molecule has 2 rings (SSSR count). The van der Waals surface area contributed by atoms with Gasteiger partial charge in [0.1, 0.15) is 4.21 Å². The maximum Gasteiger partial charge on any atom is 0.252 e. The first-order chi connectivity index (χ1) is 9.98. The minimum Gasteiger partial charge on any atom is -0.375 e. The van der Waals surface area contributed by atoms with E-state index in [4.69, 9.17) is 4.74 Å². The Morgan fingerprint density at radius 2 is 2.24 bits per heavy atom. The predicted molar refractivity (Wildman–Crippen MR) is 85.2 cm³/mol. The molecular formula is C14H24N2O3S2. The van der Waals surface area contributed by atoms with Crippen molar-refractivity contribution >= 4 is 21.4 Å². The van der Waals surface area contributed by atoms with Gasteiger partial charge in [-0.1, -0.05) is 13.8 Å². The molecule has 120 valence electrons. The van der Waals surface area contributed by atoms with E-state index in [2.05, 4.69) is 5.32 Å². The smallest absolute Gasteiger partial charge is 0.252 e. The zero-order valence-corrected chi connectivity index (χ0v) is 14.5. The van der Waals surface area contributed by atoms with Crippen molar-refractivity contribution in [1.82, 2.24) is 9.62 Å². The molecule has 1 aliphatic heterocycles. The standard InChI is InChI=1S/C14H24N2O3S2/c1-4-12-10-16(6-7-19-12)21(17,18)14-8-11(3)13(20-14)9-15-5-2/h8,12,15H,4-7,9-10H2,1-3H3. The number of aryl methyl sites for hydroxylation is 1. The lowest BCUT2D eigenvalue weighted by atomic mass is 10.2. The van der Waals surface area contributed by atoms with E-state index in [1.54, 1.807) is 10.4 Å². The van der Waals surface area contributed by atoms with Gasteiger partial charge in [0.05, 0.1) is 12.7 Å². The lowest BCUT2D eigenvalue weighted by Crippen LogP contribution is -2.45. The monoisotopic (exact) mass is 332 g/mol. The highest BCUT2D eigenvalue weighted by atomic mass is 32.2. The van der Waals surface area contributed by atoms with Crippen molar-refractivity contribution < 1.29 is 13.2 Å². The van der Waals surface area contributed by atoms with Crippen LogP contribution in [0.2, 0.25) is 0 Å². The molecule has 1 N–H and O–H groups in total. The molecule has 7 heteroatoms. The van der Waals surface area contributed by atoms with Crippen LogP contribution >= 0.6 is 11.3 Å². The fraction of sp³-hybridized carbons (Fsp3) is 0.714. The van der Waals surface area contributed by atoms with E-state index in [1.165, 1.54) is 11.3 Å². The van der Waals surface area contributed by atoms with Crippen LogP contribution in [0, 0.1) is 6.92 Å². The molecule has 0 spiro atoms. The number of nitrogens with zero attached hydrogens (tertiary/aromatic N) is 1. The topological polar surface area (TPSA) is 58.6 Å². The SMILES string of the molecule is CCNCc1sc(S(=O)(=O)N2CCOC(CC)C2)cc1C. The number of sulfonamides is 1. The van der Waals surface area contributed by atoms with Crippen molar-refractivity contribution in [3.63, 3.8) is 0 Å². The zero-order valence-electron chi connectivity index (χ0n) is 12.9. The molecule has 0 aliphatic carbocycles. The van der Waals surface area contributed by atoms with E-state index in [-0.39, 0.29) is 6.10 Å². The first-order valence-corrected chi connectivity index (χ1v) is 9.66. The summed E-state index contributed by atoms with van der Waals surface area (Å²) in [5.41, 5.74) is 1.04. The summed E-state index contributed by atoms with van der Waals surface area (Å²) in [6, 6.07) is 1.79. The van der Waals surface area contributed by atoms with E-state index in [0.29, 0.717) is 23.9 Å². The minimum absolute atomic E-state index is 0.0100. The fourth-order valence-electron chi connectivity index (χ4n) is 2.31. The normalized spacial score (nSPS) is 20.8. The molecule has 0 amide bonds. The second-order valence-corrected chi connectivity index (χ2v) is 8.52. The Balaban J connectivity index is 2.19. The molecule has 21 heavy (non-hydrogen) atoms. The first kappa shape index (κ1) is 16.9. The van der Waals surface area contributed by atoms with Gasteiger partial charge in [0.25, 0.3) is 10.0 Å². The van der Waals surface area contributed by atoms with Gasteiger partial charge in [0.15, 0.2) is 0 Å². The maximum absolute atomic E-state index is 12.7. The van der Waals surface area contributed by atoms with Gasteiger partial charge in [-0.25, -0.2) is 8.42 Å². The number of rotatable bonds is 6.